The van der Waals surface area contributed by atoms with E-state index in [0.29, 0.717) is 30.7 Å². The summed E-state index contributed by atoms with van der Waals surface area (Å²) in [4.78, 5) is 26.7. The van der Waals surface area contributed by atoms with Crippen molar-refractivity contribution >= 4 is 31.7 Å². The predicted octanol–water partition coefficient (Wildman–Crippen LogP) is 6.31. The van der Waals surface area contributed by atoms with Crippen molar-refractivity contribution in [2.45, 2.75) is 122 Å². The van der Waals surface area contributed by atoms with E-state index < -0.39 is 23.3 Å². The van der Waals surface area contributed by atoms with Crippen molar-refractivity contribution in [2.24, 2.45) is 17.3 Å². The van der Waals surface area contributed by atoms with Crippen molar-refractivity contribution < 1.29 is 37.8 Å². The van der Waals surface area contributed by atoms with Crippen LogP contribution in [0.25, 0.3) is 0 Å². The molecule has 0 amide bonds. The van der Waals surface area contributed by atoms with Gasteiger partial charge in [0.15, 0.2) is 5.75 Å². The van der Waals surface area contributed by atoms with E-state index in [1.54, 1.807) is 47.6 Å². The zero-order valence-electron chi connectivity index (χ0n) is 26.9. The van der Waals surface area contributed by atoms with Gasteiger partial charge in [-0.2, -0.15) is 0 Å². The zero-order chi connectivity index (χ0) is 30.4. The Hall–Kier alpha value is -2.01. The lowest BCUT2D eigenvalue weighted by Crippen LogP contribution is -2.65. The number of carbonyl (C=O) groups excluding carboxylic acids is 2. The Bertz CT molecular complexity index is 1270. The Kier molecular flexibility index (Phi) is 8.15. The SMILES string of the molecule is CC(C)(C)OC(=O)Oc1c(C2CC2B2O[C@@H]3C[C@@H]4C[C@@H](C4(C)C)[C@]3(C)O2)ccc(OC2CNC2)c1C(=O)OC(C)(C)C.Cl. The molecule has 2 heterocycles. The zero-order valence-corrected chi connectivity index (χ0v) is 27.7. The Morgan fingerprint density at radius 3 is 2.23 bits per heavy atom. The number of carbonyl (C=O) groups is 2. The van der Waals surface area contributed by atoms with Crippen molar-refractivity contribution in [1.82, 2.24) is 5.32 Å². The smallest absolute Gasteiger partial charge is 0.487 e. The van der Waals surface area contributed by atoms with E-state index in [2.05, 4.69) is 26.1 Å². The molecule has 1 aromatic rings. The highest BCUT2D eigenvalue weighted by atomic mass is 35.5. The first-order valence-electron chi connectivity index (χ1n) is 15.5. The van der Waals surface area contributed by atoms with Crippen LogP contribution in [0.15, 0.2) is 12.1 Å². The van der Waals surface area contributed by atoms with Gasteiger partial charge < -0.3 is 33.6 Å². The number of hydrogen-bond acceptors (Lipinski definition) is 9. The molecule has 6 atom stereocenters. The fraction of sp³-hybridized carbons (Fsp3) is 0.750. The lowest BCUT2D eigenvalue weighted by atomic mass is 9.43. The normalized spacial score (nSPS) is 32.4. The van der Waals surface area contributed by atoms with Gasteiger partial charge in [0.05, 0.1) is 11.7 Å². The molecule has 2 unspecified atom stereocenters. The van der Waals surface area contributed by atoms with Crippen molar-refractivity contribution in [1.29, 1.82) is 0 Å². The van der Waals surface area contributed by atoms with E-state index >= 15 is 0 Å². The molecule has 4 saturated carbocycles. The van der Waals surface area contributed by atoms with Gasteiger partial charge in [-0.05, 0) is 103 Å². The van der Waals surface area contributed by atoms with Gasteiger partial charge in [0.1, 0.15) is 28.6 Å². The molecule has 9 nitrogen and oxygen atoms in total. The molecule has 1 N–H and O–H groups in total. The maximum absolute atomic E-state index is 13.7. The van der Waals surface area contributed by atoms with Crippen LogP contribution in [0, 0.1) is 17.3 Å². The van der Waals surface area contributed by atoms with E-state index in [0.717, 1.165) is 18.4 Å². The summed E-state index contributed by atoms with van der Waals surface area (Å²) in [6.07, 6.45) is 2.10. The number of rotatable bonds is 6. The molecule has 43 heavy (non-hydrogen) atoms. The van der Waals surface area contributed by atoms with Crippen LogP contribution < -0.4 is 14.8 Å². The second-order valence-electron chi connectivity index (χ2n) is 15.7. The molecule has 2 bridgehead atoms. The second kappa shape index (κ2) is 10.8. The summed E-state index contributed by atoms with van der Waals surface area (Å²) in [5.74, 6) is 1.02. The maximum atomic E-state index is 13.7. The molecule has 0 radical (unpaired) electrons. The van der Waals surface area contributed by atoms with Gasteiger partial charge in [-0.25, -0.2) is 9.59 Å². The minimum Gasteiger partial charge on any atom is -0.487 e. The van der Waals surface area contributed by atoms with Crippen LogP contribution in [0.1, 0.15) is 103 Å². The quantitative estimate of drug-likeness (QED) is 0.223. The van der Waals surface area contributed by atoms with Crippen molar-refractivity contribution in [3.63, 3.8) is 0 Å². The number of halogens is 1. The van der Waals surface area contributed by atoms with E-state index in [1.807, 2.05) is 6.07 Å². The third-order valence-corrected chi connectivity index (χ3v) is 9.92. The highest BCUT2D eigenvalue weighted by molar-refractivity contribution is 6.49. The molecule has 2 aliphatic heterocycles. The summed E-state index contributed by atoms with van der Waals surface area (Å²) < 4.78 is 36.8. The summed E-state index contributed by atoms with van der Waals surface area (Å²) in [5, 5.41) is 3.18. The molecule has 1 aromatic carbocycles. The molecule has 4 aliphatic carbocycles. The van der Waals surface area contributed by atoms with Gasteiger partial charge in [-0.3, -0.25) is 0 Å². The van der Waals surface area contributed by atoms with Gasteiger partial charge in [0.25, 0.3) is 0 Å². The van der Waals surface area contributed by atoms with Gasteiger partial charge >= 0.3 is 19.2 Å². The Morgan fingerprint density at radius 1 is 0.977 bits per heavy atom. The molecule has 2 saturated heterocycles. The van der Waals surface area contributed by atoms with Crippen LogP contribution in [-0.2, 0) is 18.8 Å². The first kappa shape index (κ1) is 32.4. The number of hydrogen-bond donors (Lipinski definition) is 1. The van der Waals surface area contributed by atoms with Gasteiger partial charge in [-0.15, -0.1) is 12.4 Å². The van der Waals surface area contributed by atoms with Gasteiger partial charge in [0, 0.05) is 18.9 Å². The van der Waals surface area contributed by atoms with Gasteiger partial charge in [-0.1, -0.05) is 19.9 Å². The molecule has 7 rings (SSSR count). The Balaban J connectivity index is 0.00000368. The minimum absolute atomic E-state index is 0. The summed E-state index contributed by atoms with van der Waals surface area (Å²) >= 11 is 0. The van der Waals surface area contributed by atoms with E-state index in [1.165, 1.54) is 6.42 Å². The number of benzene rings is 1. The molecule has 0 aromatic heterocycles. The Labute approximate surface area is 261 Å². The van der Waals surface area contributed by atoms with Crippen LogP contribution in [0.2, 0.25) is 5.82 Å². The van der Waals surface area contributed by atoms with Gasteiger partial charge in [0.2, 0.25) is 0 Å². The third-order valence-electron chi connectivity index (χ3n) is 9.92. The largest absolute Gasteiger partial charge is 0.514 e. The topological polar surface area (TPSA) is 102 Å². The average Bonchev–Trinajstić information content (AvgIpc) is 3.52. The van der Waals surface area contributed by atoms with Crippen LogP contribution in [0.5, 0.6) is 11.5 Å². The first-order chi connectivity index (χ1) is 19.5. The van der Waals surface area contributed by atoms with Crippen LogP contribution in [-0.4, -0.2) is 61.3 Å². The van der Waals surface area contributed by atoms with E-state index in [4.69, 9.17) is 28.3 Å². The molecule has 6 aliphatic rings. The number of ether oxygens (including phenoxy) is 4. The predicted molar refractivity (Wildman–Crippen MR) is 164 cm³/mol. The highest BCUT2D eigenvalue weighted by Gasteiger charge is 2.70. The van der Waals surface area contributed by atoms with Crippen LogP contribution >= 0.6 is 12.4 Å². The molecule has 0 spiro atoms. The summed E-state index contributed by atoms with van der Waals surface area (Å²) in [7, 11) is -0.350. The lowest BCUT2D eigenvalue weighted by Gasteiger charge is -2.64. The standard InChI is InChI=1S/C32H46BNO8.ClH/c1-29(2,3)39-27(35)25-22(37-18-15-34-16-18)11-10-19(26(25)38-28(36)40-30(4,5)6)20-14-21(20)33-41-24-13-17-12-23(31(17,7)8)32(24,9)42-33;/h10-11,17-18,20-21,23-24,34H,12-16H2,1-9H3;1H/t17-,20?,21?,23-,24+,32-;/m0./s1. The highest BCUT2D eigenvalue weighted by Crippen LogP contribution is 2.68. The van der Waals surface area contributed by atoms with E-state index in [-0.39, 0.29) is 65.8 Å². The van der Waals surface area contributed by atoms with Crippen molar-refractivity contribution in [3.8, 4) is 11.5 Å². The molecule has 6 fully saturated rings. The average molecular weight is 620 g/mol. The number of esters is 1. The summed E-state index contributed by atoms with van der Waals surface area (Å²) in [5.41, 5.74) is -0.760. The molecule has 238 valence electrons. The Morgan fingerprint density at radius 2 is 1.65 bits per heavy atom. The fourth-order valence-corrected chi connectivity index (χ4v) is 7.44. The monoisotopic (exact) mass is 619 g/mol. The third kappa shape index (κ3) is 6.01. The second-order valence-corrected chi connectivity index (χ2v) is 15.7. The number of nitrogens with one attached hydrogen (secondary N) is 1. The van der Waals surface area contributed by atoms with Crippen molar-refractivity contribution in [2.75, 3.05) is 13.1 Å². The van der Waals surface area contributed by atoms with E-state index in [9.17, 15) is 9.59 Å². The van der Waals surface area contributed by atoms with Crippen LogP contribution in [0.4, 0.5) is 4.79 Å². The maximum Gasteiger partial charge on any atom is 0.514 e. The lowest BCUT2D eigenvalue weighted by molar-refractivity contribution is -0.199. The molecular weight excluding hydrogens is 573 g/mol. The summed E-state index contributed by atoms with van der Waals surface area (Å²) in [6, 6.07) is 3.68. The summed E-state index contributed by atoms with van der Waals surface area (Å²) in [6.45, 7) is 19.0. The minimum atomic E-state index is -0.887. The first-order valence-corrected chi connectivity index (χ1v) is 15.5. The molecule has 11 heteroatoms. The van der Waals surface area contributed by atoms with Crippen LogP contribution in [0.3, 0.4) is 0 Å². The molecular formula is C32H47BClNO8. The van der Waals surface area contributed by atoms with Crippen molar-refractivity contribution in [3.05, 3.63) is 23.3 Å². The fourth-order valence-electron chi connectivity index (χ4n) is 7.44.